The molecule has 0 aliphatic heterocycles. The summed E-state index contributed by atoms with van der Waals surface area (Å²) in [5, 5.41) is 10.9. The monoisotopic (exact) mass is 270 g/mol. The minimum atomic E-state index is -0.404. The third-order valence-electron chi connectivity index (χ3n) is 3.45. The maximum absolute atomic E-state index is 10.1. The molecule has 1 aliphatic rings. The summed E-state index contributed by atoms with van der Waals surface area (Å²) in [6.45, 7) is 4.75. The lowest BCUT2D eigenvalue weighted by atomic mass is 9.84. The molecule has 0 heterocycles. The van der Waals surface area contributed by atoms with E-state index < -0.39 is 6.10 Å². The number of fused-ring (bicyclic) bond motifs is 1. The predicted molar refractivity (Wildman–Crippen MR) is 70.5 cm³/mol. The molecule has 3 nitrogen and oxygen atoms in total. The smallest absolute Gasteiger partial charge is 0.108 e. The van der Waals surface area contributed by atoms with E-state index in [1.54, 1.807) is 0 Å². The lowest BCUT2D eigenvalue weighted by Crippen LogP contribution is -2.13. The van der Waals surface area contributed by atoms with Crippen molar-refractivity contribution in [3.8, 4) is 0 Å². The molecular weight excluding hydrogens is 252 g/mol. The maximum Gasteiger partial charge on any atom is 0.108 e. The maximum atomic E-state index is 10.1. The van der Waals surface area contributed by atoms with E-state index in [-0.39, 0.29) is 0 Å². The summed E-state index contributed by atoms with van der Waals surface area (Å²) in [5.41, 5.74) is 4.13. The first-order chi connectivity index (χ1) is 8.65. The van der Waals surface area contributed by atoms with Gasteiger partial charge in [0.15, 0.2) is 0 Å². The number of hydrogen-bond donors (Lipinski definition) is 1. The van der Waals surface area contributed by atoms with Gasteiger partial charge in [-0.05, 0) is 61.4 Å². The van der Waals surface area contributed by atoms with E-state index in [1.165, 1.54) is 0 Å². The Labute approximate surface area is 113 Å². The molecule has 0 aromatic heterocycles. The van der Waals surface area contributed by atoms with Gasteiger partial charge >= 0.3 is 0 Å². The molecule has 0 amide bonds. The van der Waals surface area contributed by atoms with Gasteiger partial charge in [0.05, 0.1) is 12.7 Å². The van der Waals surface area contributed by atoms with Gasteiger partial charge in [-0.25, -0.2) is 9.78 Å². The van der Waals surface area contributed by atoms with Crippen LogP contribution in [0.1, 0.15) is 48.1 Å². The van der Waals surface area contributed by atoms with Crippen LogP contribution in [0.2, 0.25) is 5.02 Å². The first kappa shape index (κ1) is 13.8. The number of hydrogen-bond acceptors (Lipinski definition) is 3. The van der Waals surface area contributed by atoms with Crippen LogP contribution in [0.15, 0.2) is 6.07 Å². The summed E-state index contributed by atoms with van der Waals surface area (Å²) in [7, 11) is 0. The highest BCUT2D eigenvalue weighted by molar-refractivity contribution is 6.31. The van der Waals surface area contributed by atoms with Crippen LogP contribution in [-0.4, -0.2) is 11.7 Å². The second kappa shape index (κ2) is 6.02. The molecule has 100 valence electrons. The van der Waals surface area contributed by atoms with Crippen LogP contribution in [0, 0.1) is 6.92 Å². The van der Waals surface area contributed by atoms with Gasteiger partial charge in [-0.1, -0.05) is 11.6 Å². The number of rotatable bonds is 4. The third kappa shape index (κ3) is 2.69. The van der Waals surface area contributed by atoms with Crippen LogP contribution < -0.4 is 0 Å². The van der Waals surface area contributed by atoms with Crippen molar-refractivity contribution in [1.82, 2.24) is 0 Å². The van der Waals surface area contributed by atoms with Gasteiger partial charge < -0.3 is 5.11 Å². The lowest BCUT2D eigenvalue weighted by Gasteiger charge is -2.26. The fraction of sp³-hybridized carbons (Fsp3) is 0.571. The molecule has 0 saturated heterocycles. The molecule has 0 bridgehead atoms. The largest absolute Gasteiger partial charge is 0.388 e. The van der Waals surface area contributed by atoms with E-state index in [0.717, 1.165) is 46.5 Å². The summed E-state index contributed by atoms with van der Waals surface area (Å²) in [6, 6.07) is 1.92. The highest BCUT2D eigenvalue weighted by atomic mass is 35.5. The average Bonchev–Trinajstić information content (AvgIpc) is 2.35. The minimum absolute atomic E-state index is 0.361. The van der Waals surface area contributed by atoms with Gasteiger partial charge in [0, 0.05) is 5.02 Å². The van der Waals surface area contributed by atoms with Gasteiger partial charge in [0.2, 0.25) is 0 Å². The molecule has 1 N–H and O–H groups in total. The Kier molecular flexibility index (Phi) is 4.62. The number of benzene rings is 1. The highest BCUT2D eigenvalue weighted by Crippen LogP contribution is 2.38. The van der Waals surface area contributed by atoms with Gasteiger partial charge in [0.1, 0.15) is 6.61 Å². The topological polar surface area (TPSA) is 38.7 Å². The van der Waals surface area contributed by atoms with Crippen LogP contribution in [0.5, 0.6) is 0 Å². The Hall–Kier alpha value is -0.610. The first-order valence-corrected chi connectivity index (χ1v) is 6.76. The van der Waals surface area contributed by atoms with Gasteiger partial charge in [-0.15, -0.1) is 0 Å². The van der Waals surface area contributed by atoms with E-state index in [9.17, 15) is 5.11 Å². The molecule has 1 aromatic rings. The van der Waals surface area contributed by atoms with Crippen molar-refractivity contribution in [2.75, 3.05) is 6.61 Å². The standard InChI is InChI=1S/C14H19ClO3/c1-3-17-18-8-10-7-12(15)11-5-4-6-13(16)14(11)9(10)2/h7,13,16H,3-6,8H2,1-2H3. The van der Waals surface area contributed by atoms with Crippen molar-refractivity contribution in [1.29, 1.82) is 0 Å². The summed E-state index contributed by atoms with van der Waals surface area (Å²) >= 11 is 6.29. The van der Waals surface area contributed by atoms with Crippen LogP contribution in [0.4, 0.5) is 0 Å². The molecule has 0 radical (unpaired) electrons. The number of aliphatic hydroxyl groups excluding tert-OH is 1. The summed E-state index contributed by atoms with van der Waals surface area (Å²) < 4.78 is 0. The molecule has 4 heteroatoms. The van der Waals surface area contributed by atoms with Crippen LogP contribution >= 0.6 is 11.6 Å². The molecule has 1 aliphatic carbocycles. The quantitative estimate of drug-likeness (QED) is 0.517. The van der Waals surface area contributed by atoms with Crippen LogP contribution in [0.25, 0.3) is 0 Å². The van der Waals surface area contributed by atoms with Crippen molar-refractivity contribution in [3.05, 3.63) is 33.3 Å². The van der Waals surface area contributed by atoms with Crippen LogP contribution in [-0.2, 0) is 22.8 Å². The Morgan fingerprint density at radius 1 is 1.44 bits per heavy atom. The molecule has 0 spiro atoms. The summed E-state index contributed by atoms with van der Waals surface area (Å²) in [5.74, 6) is 0. The second-order valence-corrected chi connectivity index (χ2v) is 5.02. The Morgan fingerprint density at radius 3 is 2.94 bits per heavy atom. The van der Waals surface area contributed by atoms with E-state index in [4.69, 9.17) is 21.4 Å². The summed E-state index contributed by atoms with van der Waals surface area (Å²) in [6.07, 6.45) is 2.33. The fourth-order valence-electron chi connectivity index (χ4n) is 2.54. The van der Waals surface area contributed by atoms with E-state index in [0.29, 0.717) is 13.2 Å². The van der Waals surface area contributed by atoms with Gasteiger partial charge in [-0.3, -0.25) is 0 Å². The number of halogens is 1. The molecule has 0 saturated carbocycles. The normalized spacial score (nSPS) is 18.8. The molecular formula is C14H19ClO3. The van der Waals surface area contributed by atoms with E-state index in [2.05, 4.69) is 0 Å². The van der Waals surface area contributed by atoms with E-state index in [1.807, 2.05) is 19.9 Å². The Bertz CT molecular complexity index is 432. The zero-order valence-corrected chi connectivity index (χ0v) is 11.6. The van der Waals surface area contributed by atoms with Crippen molar-refractivity contribution in [2.24, 2.45) is 0 Å². The van der Waals surface area contributed by atoms with Gasteiger partial charge in [-0.2, -0.15) is 0 Å². The van der Waals surface area contributed by atoms with Gasteiger partial charge in [0.25, 0.3) is 0 Å². The number of aliphatic hydroxyl groups is 1. The highest BCUT2D eigenvalue weighted by Gasteiger charge is 2.24. The molecule has 1 aromatic carbocycles. The van der Waals surface area contributed by atoms with E-state index >= 15 is 0 Å². The Morgan fingerprint density at radius 2 is 2.22 bits per heavy atom. The second-order valence-electron chi connectivity index (χ2n) is 4.61. The lowest BCUT2D eigenvalue weighted by molar-refractivity contribution is -0.300. The van der Waals surface area contributed by atoms with Crippen molar-refractivity contribution in [3.63, 3.8) is 0 Å². The predicted octanol–water partition coefficient (Wildman–Crippen LogP) is 3.49. The molecule has 18 heavy (non-hydrogen) atoms. The molecule has 1 atom stereocenters. The minimum Gasteiger partial charge on any atom is -0.388 e. The van der Waals surface area contributed by atoms with Crippen LogP contribution in [0.3, 0.4) is 0 Å². The molecule has 2 rings (SSSR count). The fourth-order valence-corrected chi connectivity index (χ4v) is 2.86. The zero-order chi connectivity index (χ0) is 13.1. The zero-order valence-electron chi connectivity index (χ0n) is 10.8. The molecule has 1 unspecified atom stereocenters. The average molecular weight is 271 g/mol. The Balaban J connectivity index is 2.32. The SMILES string of the molecule is CCOOCc1cc(Cl)c2c(c1C)C(O)CCC2. The third-order valence-corrected chi connectivity index (χ3v) is 3.79. The first-order valence-electron chi connectivity index (χ1n) is 6.38. The summed E-state index contributed by atoms with van der Waals surface area (Å²) in [4.78, 5) is 9.99. The van der Waals surface area contributed by atoms with Crippen molar-refractivity contribution in [2.45, 2.75) is 45.8 Å². The van der Waals surface area contributed by atoms with Crippen molar-refractivity contribution < 1.29 is 14.9 Å². The van der Waals surface area contributed by atoms with Crippen molar-refractivity contribution >= 4 is 11.6 Å². The molecule has 0 fully saturated rings.